The van der Waals surface area contributed by atoms with E-state index in [2.05, 4.69) is 26.8 Å². The Kier molecular flexibility index (Phi) is 3.56. The molecular weight excluding hydrogens is 211 g/mol. The third-order valence-corrected chi connectivity index (χ3v) is 4.51. The molecular formula is C16H23F. The highest BCUT2D eigenvalue weighted by Crippen LogP contribution is 2.46. The molecule has 1 aliphatic carbocycles. The summed E-state index contributed by atoms with van der Waals surface area (Å²) in [5, 5.41) is 0. The quantitative estimate of drug-likeness (QED) is 0.701. The zero-order valence-corrected chi connectivity index (χ0v) is 11.2. The molecule has 0 aliphatic heterocycles. The molecule has 0 aromatic heterocycles. The Morgan fingerprint density at radius 2 is 2.12 bits per heavy atom. The molecule has 94 valence electrons. The maximum atomic E-state index is 13.9. The van der Waals surface area contributed by atoms with E-state index in [1.165, 1.54) is 24.8 Å². The average Bonchev–Trinajstić information content (AvgIpc) is 2.30. The fraction of sp³-hybridized carbons (Fsp3) is 0.625. The van der Waals surface area contributed by atoms with Gasteiger partial charge in [-0.05, 0) is 54.2 Å². The van der Waals surface area contributed by atoms with E-state index in [0.717, 1.165) is 18.4 Å². The molecule has 0 saturated carbocycles. The second-order valence-electron chi connectivity index (χ2n) is 5.68. The van der Waals surface area contributed by atoms with E-state index in [0.29, 0.717) is 5.92 Å². The van der Waals surface area contributed by atoms with Crippen molar-refractivity contribution in [1.29, 1.82) is 0 Å². The van der Waals surface area contributed by atoms with Crippen molar-refractivity contribution in [3.63, 3.8) is 0 Å². The average molecular weight is 234 g/mol. The largest absolute Gasteiger partial charge is 0.207 e. The van der Waals surface area contributed by atoms with E-state index in [4.69, 9.17) is 0 Å². The van der Waals surface area contributed by atoms with Crippen molar-refractivity contribution in [2.45, 2.75) is 58.3 Å². The molecule has 1 unspecified atom stereocenters. The van der Waals surface area contributed by atoms with Crippen LogP contribution in [0.4, 0.5) is 4.39 Å². The number of hydrogen-bond acceptors (Lipinski definition) is 0. The van der Waals surface area contributed by atoms with Crippen LogP contribution < -0.4 is 0 Å². The van der Waals surface area contributed by atoms with Gasteiger partial charge in [0.1, 0.15) is 5.82 Å². The van der Waals surface area contributed by atoms with Crippen LogP contribution in [0.2, 0.25) is 0 Å². The standard InChI is InChI=1S/C16H23F/c1-4-10-16(12(2)3)11-6-7-13-14(16)8-5-9-15(13)17/h5,8-9,12H,4,6-7,10-11H2,1-3H3. The summed E-state index contributed by atoms with van der Waals surface area (Å²) in [6.07, 6.45) is 5.62. The maximum absolute atomic E-state index is 13.9. The van der Waals surface area contributed by atoms with Gasteiger partial charge >= 0.3 is 0 Å². The first kappa shape index (κ1) is 12.6. The molecule has 0 heterocycles. The Bertz CT molecular complexity index is 395. The van der Waals surface area contributed by atoms with Gasteiger partial charge in [0.05, 0.1) is 0 Å². The summed E-state index contributed by atoms with van der Waals surface area (Å²) >= 11 is 0. The molecule has 2 rings (SSSR count). The molecule has 0 saturated heterocycles. The van der Waals surface area contributed by atoms with Crippen molar-refractivity contribution in [3.05, 3.63) is 35.1 Å². The highest BCUT2D eigenvalue weighted by Gasteiger charge is 2.39. The highest BCUT2D eigenvalue weighted by molar-refractivity contribution is 5.38. The predicted octanol–water partition coefficient (Wildman–Crippen LogP) is 4.86. The van der Waals surface area contributed by atoms with Crippen LogP contribution >= 0.6 is 0 Å². The molecule has 1 atom stereocenters. The number of fused-ring (bicyclic) bond motifs is 1. The summed E-state index contributed by atoms with van der Waals surface area (Å²) < 4.78 is 13.9. The van der Waals surface area contributed by atoms with Crippen LogP contribution in [-0.4, -0.2) is 0 Å². The third kappa shape index (κ3) is 2.00. The lowest BCUT2D eigenvalue weighted by atomic mass is 9.61. The monoisotopic (exact) mass is 234 g/mol. The minimum Gasteiger partial charge on any atom is -0.207 e. The second kappa shape index (κ2) is 4.80. The molecule has 1 aliphatic rings. The Hall–Kier alpha value is -0.850. The molecule has 0 bridgehead atoms. The fourth-order valence-electron chi connectivity index (χ4n) is 3.59. The van der Waals surface area contributed by atoms with Gasteiger partial charge in [0, 0.05) is 0 Å². The SMILES string of the molecule is CCCC1(C(C)C)CCCc2c(F)cccc21. The van der Waals surface area contributed by atoms with Gasteiger partial charge in [-0.3, -0.25) is 0 Å². The minimum atomic E-state index is 0.00308. The first-order valence-electron chi connectivity index (χ1n) is 6.89. The van der Waals surface area contributed by atoms with Crippen molar-refractivity contribution < 1.29 is 4.39 Å². The highest BCUT2D eigenvalue weighted by atomic mass is 19.1. The van der Waals surface area contributed by atoms with Crippen LogP contribution in [0, 0.1) is 11.7 Å². The van der Waals surface area contributed by atoms with Gasteiger partial charge in [0.2, 0.25) is 0 Å². The molecule has 0 amide bonds. The van der Waals surface area contributed by atoms with E-state index in [9.17, 15) is 4.39 Å². The molecule has 0 spiro atoms. The van der Waals surface area contributed by atoms with Crippen LogP contribution in [0.1, 0.15) is 57.6 Å². The minimum absolute atomic E-state index is 0.00308. The van der Waals surface area contributed by atoms with Crippen molar-refractivity contribution in [2.75, 3.05) is 0 Å². The van der Waals surface area contributed by atoms with Crippen LogP contribution in [-0.2, 0) is 11.8 Å². The number of rotatable bonds is 3. The lowest BCUT2D eigenvalue weighted by Crippen LogP contribution is -2.36. The molecule has 1 heteroatoms. The smallest absolute Gasteiger partial charge is 0.126 e. The van der Waals surface area contributed by atoms with Crippen LogP contribution in [0.15, 0.2) is 18.2 Å². The second-order valence-corrected chi connectivity index (χ2v) is 5.68. The van der Waals surface area contributed by atoms with Crippen molar-refractivity contribution >= 4 is 0 Å². The Balaban J connectivity index is 2.54. The van der Waals surface area contributed by atoms with E-state index >= 15 is 0 Å². The molecule has 17 heavy (non-hydrogen) atoms. The van der Waals surface area contributed by atoms with Crippen molar-refractivity contribution in [3.8, 4) is 0 Å². The molecule has 0 N–H and O–H groups in total. The summed E-state index contributed by atoms with van der Waals surface area (Å²) in [6, 6.07) is 5.65. The Labute approximate surface area is 104 Å². The van der Waals surface area contributed by atoms with E-state index in [-0.39, 0.29) is 11.2 Å². The Morgan fingerprint density at radius 3 is 2.76 bits per heavy atom. The summed E-state index contributed by atoms with van der Waals surface area (Å²) in [7, 11) is 0. The molecule has 1 aromatic carbocycles. The van der Waals surface area contributed by atoms with Gasteiger partial charge in [-0.1, -0.05) is 39.3 Å². The van der Waals surface area contributed by atoms with Gasteiger partial charge in [-0.2, -0.15) is 0 Å². The Morgan fingerprint density at radius 1 is 1.35 bits per heavy atom. The van der Waals surface area contributed by atoms with Gasteiger partial charge in [0.15, 0.2) is 0 Å². The molecule has 0 radical (unpaired) electrons. The maximum Gasteiger partial charge on any atom is 0.126 e. The summed E-state index contributed by atoms with van der Waals surface area (Å²) in [6.45, 7) is 6.81. The molecule has 0 fully saturated rings. The lowest BCUT2D eigenvalue weighted by molar-refractivity contribution is 0.239. The number of hydrogen-bond donors (Lipinski definition) is 0. The first-order valence-corrected chi connectivity index (χ1v) is 6.89. The zero-order valence-electron chi connectivity index (χ0n) is 11.2. The predicted molar refractivity (Wildman–Crippen MR) is 70.8 cm³/mol. The van der Waals surface area contributed by atoms with Crippen LogP contribution in [0.5, 0.6) is 0 Å². The molecule has 1 aromatic rings. The zero-order chi connectivity index (χ0) is 12.5. The van der Waals surface area contributed by atoms with Crippen LogP contribution in [0.3, 0.4) is 0 Å². The topological polar surface area (TPSA) is 0 Å². The number of benzene rings is 1. The van der Waals surface area contributed by atoms with Gasteiger partial charge in [-0.15, -0.1) is 0 Å². The third-order valence-electron chi connectivity index (χ3n) is 4.51. The van der Waals surface area contributed by atoms with Gasteiger partial charge < -0.3 is 0 Å². The number of halogens is 1. The lowest BCUT2D eigenvalue weighted by Gasteiger charge is -2.43. The van der Waals surface area contributed by atoms with Crippen LogP contribution in [0.25, 0.3) is 0 Å². The van der Waals surface area contributed by atoms with E-state index in [1.54, 1.807) is 6.07 Å². The molecule has 0 nitrogen and oxygen atoms in total. The fourth-order valence-corrected chi connectivity index (χ4v) is 3.59. The van der Waals surface area contributed by atoms with E-state index < -0.39 is 0 Å². The first-order chi connectivity index (χ1) is 8.12. The normalized spacial score (nSPS) is 23.8. The van der Waals surface area contributed by atoms with Gasteiger partial charge in [0.25, 0.3) is 0 Å². The summed E-state index contributed by atoms with van der Waals surface area (Å²) in [5.41, 5.74) is 2.49. The van der Waals surface area contributed by atoms with E-state index in [1.807, 2.05) is 6.07 Å². The van der Waals surface area contributed by atoms with Crippen molar-refractivity contribution in [2.24, 2.45) is 5.92 Å². The van der Waals surface area contributed by atoms with Crippen molar-refractivity contribution in [1.82, 2.24) is 0 Å². The summed E-state index contributed by atoms with van der Waals surface area (Å²) in [5.74, 6) is 0.589. The van der Waals surface area contributed by atoms with Gasteiger partial charge in [-0.25, -0.2) is 4.39 Å². The summed E-state index contributed by atoms with van der Waals surface area (Å²) in [4.78, 5) is 0.